The van der Waals surface area contributed by atoms with Crippen molar-refractivity contribution in [3.05, 3.63) is 49.1 Å². The summed E-state index contributed by atoms with van der Waals surface area (Å²) in [5.74, 6) is 1.72. The topological polar surface area (TPSA) is 79.9 Å². The first kappa shape index (κ1) is 27.6. The fourth-order valence-electron chi connectivity index (χ4n) is 7.23. The number of hydrogen-bond donors (Lipinski definition) is 2. The molecule has 4 aliphatic heterocycles. The summed E-state index contributed by atoms with van der Waals surface area (Å²) in [5, 5.41) is 7.08. The lowest BCUT2D eigenvalue weighted by Gasteiger charge is -2.44. The summed E-state index contributed by atoms with van der Waals surface area (Å²) in [6.07, 6.45) is 12.3. The van der Waals surface area contributed by atoms with Crippen molar-refractivity contribution in [3.63, 3.8) is 0 Å². The second kappa shape index (κ2) is 13.4. The number of carbonyl (C=O) groups excluding carboxylic acids is 1. The number of nitrogens with zero attached hydrogens (tertiary/aromatic N) is 6. The third kappa shape index (κ3) is 6.65. The molecule has 2 atom stereocenters. The average Bonchev–Trinajstić information content (AvgIpc) is 3.03. The Balaban J connectivity index is 1.03. The van der Waals surface area contributed by atoms with E-state index < -0.39 is 0 Å². The predicted octanol–water partition coefficient (Wildman–Crippen LogP) is 1.73. The predicted molar refractivity (Wildman–Crippen MR) is 160 cm³/mol. The van der Waals surface area contributed by atoms with Crippen LogP contribution in [0, 0.1) is 11.8 Å². The summed E-state index contributed by atoms with van der Waals surface area (Å²) >= 11 is 0. The molecular weight excluding hydrogens is 500 g/mol. The molecule has 0 aliphatic carbocycles. The summed E-state index contributed by atoms with van der Waals surface area (Å²) in [7, 11) is 0. The van der Waals surface area contributed by atoms with E-state index in [0.717, 1.165) is 78.5 Å². The van der Waals surface area contributed by atoms with E-state index >= 15 is 0 Å². The van der Waals surface area contributed by atoms with Gasteiger partial charge in [0.05, 0.1) is 12.1 Å². The lowest BCUT2D eigenvalue weighted by Crippen LogP contribution is -2.64. The van der Waals surface area contributed by atoms with Crippen LogP contribution in [0.15, 0.2) is 49.1 Å². The van der Waals surface area contributed by atoms with Crippen LogP contribution >= 0.6 is 0 Å². The first-order valence-electron chi connectivity index (χ1n) is 15.5. The quantitative estimate of drug-likeness (QED) is 0.515. The second-order valence-corrected chi connectivity index (χ2v) is 12.1. The van der Waals surface area contributed by atoms with Crippen LogP contribution in [0.1, 0.15) is 25.7 Å². The number of Topliss-reactive ketones (excluding diaryl/α,β-unsaturated/α-hetero) is 1. The molecule has 4 aliphatic rings. The smallest absolute Gasteiger partial charge is 0.169 e. The van der Waals surface area contributed by atoms with Crippen molar-refractivity contribution < 1.29 is 4.79 Å². The van der Waals surface area contributed by atoms with E-state index in [1.165, 1.54) is 37.1 Å². The first-order valence-corrected chi connectivity index (χ1v) is 15.5. The number of ketones is 1. The zero-order valence-electron chi connectivity index (χ0n) is 23.8. The van der Waals surface area contributed by atoms with Gasteiger partial charge in [-0.1, -0.05) is 0 Å². The molecule has 2 aromatic heterocycles. The number of piperidine rings is 2. The van der Waals surface area contributed by atoms with Gasteiger partial charge >= 0.3 is 0 Å². The van der Waals surface area contributed by atoms with Crippen molar-refractivity contribution in [2.24, 2.45) is 11.8 Å². The highest BCUT2D eigenvalue weighted by Crippen LogP contribution is 2.27. The van der Waals surface area contributed by atoms with Gasteiger partial charge in [0.15, 0.2) is 5.78 Å². The SMILES string of the molecule is O=C(C1CNCCN1CC1CCN(c2ccncc2)CC1)C1CNCCN1CC1CCN(c2ccncc2)CC1. The monoisotopic (exact) mass is 546 g/mol. The first-order chi connectivity index (χ1) is 19.7. The van der Waals surface area contributed by atoms with Crippen LogP contribution in [0.4, 0.5) is 11.4 Å². The van der Waals surface area contributed by atoms with Gasteiger partial charge in [-0.15, -0.1) is 0 Å². The molecule has 0 radical (unpaired) electrons. The summed E-state index contributed by atoms with van der Waals surface area (Å²) in [6.45, 7) is 11.9. The van der Waals surface area contributed by atoms with Gasteiger partial charge in [-0.25, -0.2) is 0 Å². The Morgan fingerprint density at radius 3 is 1.45 bits per heavy atom. The number of nitrogens with one attached hydrogen (secondary N) is 2. The Bertz CT molecular complexity index is 972. The normalized spacial score (nSPS) is 26.2. The number of hydrogen-bond acceptors (Lipinski definition) is 9. The third-order valence-corrected chi connectivity index (χ3v) is 9.64. The van der Waals surface area contributed by atoms with Crippen LogP contribution in [0.3, 0.4) is 0 Å². The minimum atomic E-state index is -0.0204. The molecule has 40 heavy (non-hydrogen) atoms. The zero-order valence-corrected chi connectivity index (χ0v) is 23.8. The molecule has 4 saturated heterocycles. The number of carbonyl (C=O) groups is 1. The van der Waals surface area contributed by atoms with Gasteiger partial charge in [0.2, 0.25) is 0 Å². The van der Waals surface area contributed by atoms with Gasteiger partial charge in [0.1, 0.15) is 0 Å². The number of rotatable bonds is 8. The highest BCUT2D eigenvalue weighted by atomic mass is 16.1. The van der Waals surface area contributed by atoms with Crippen LogP contribution in [0.2, 0.25) is 0 Å². The van der Waals surface area contributed by atoms with E-state index in [-0.39, 0.29) is 12.1 Å². The molecule has 6 rings (SSSR count). The molecular formula is C31H46N8O. The van der Waals surface area contributed by atoms with Gasteiger partial charge in [0, 0.05) is 115 Å². The van der Waals surface area contributed by atoms with Gasteiger partial charge in [-0.2, -0.15) is 0 Å². The maximum Gasteiger partial charge on any atom is 0.169 e. The highest BCUT2D eigenvalue weighted by molar-refractivity contribution is 5.89. The Kier molecular flexibility index (Phi) is 9.22. The highest BCUT2D eigenvalue weighted by Gasteiger charge is 2.39. The Morgan fingerprint density at radius 1 is 0.650 bits per heavy atom. The molecule has 2 N–H and O–H groups in total. The van der Waals surface area contributed by atoms with E-state index in [9.17, 15) is 4.79 Å². The van der Waals surface area contributed by atoms with Gasteiger partial charge in [-0.05, 0) is 61.8 Å². The molecule has 0 aromatic carbocycles. The van der Waals surface area contributed by atoms with Gasteiger partial charge < -0.3 is 20.4 Å². The number of aromatic nitrogens is 2. The van der Waals surface area contributed by atoms with Crippen molar-refractivity contribution in [1.29, 1.82) is 0 Å². The molecule has 9 nitrogen and oxygen atoms in total. The van der Waals surface area contributed by atoms with Crippen molar-refractivity contribution in [2.45, 2.75) is 37.8 Å². The molecule has 4 fully saturated rings. The lowest BCUT2D eigenvalue weighted by atomic mass is 9.91. The largest absolute Gasteiger partial charge is 0.371 e. The molecule has 2 aromatic rings. The van der Waals surface area contributed by atoms with Crippen molar-refractivity contribution in [2.75, 3.05) is 88.3 Å². The summed E-state index contributed by atoms with van der Waals surface area (Å²) < 4.78 is 0. The van der Waals surface area contributed by atoms with Crippen LogP contribution in [0.5, 0.6) is 0 Å². The van der Waals surface area contributed by atoms with Crippen molar-refractivity contribution in [3.8, 4) is 0 Å². The van der Waals surface area contributed by atoms with Crippen LogP contribution in [-0.2, 0) is 4.79 Å². The van der Waals surface area contributed by atoms with Gasteiger partial charge in [-0.3, -0.25) is 24.6 Å². The van der Waals surface area contributed by atoms with E-state index in [1.54, 1.807) is 0 Å². The lowest BCUT2D eigenvalue weighted by molar-refractivity contribution is -0.131. The van der Waals surface area contributed by atoms with Crippen LogP contribution < -0.4 is 20.4 Å². The maximum absolute atomic E-state index is 14.1. The third-order valence-electron chi connectivity index (χ3n) is 9.64. The molecule has 9 heteroatoms. The van der Waals surface area contributed by atoms with E-state index in [1.807, 2.05) is 24.8 Å². The molecule has 2 unspecified atom stereocenters. The molecule has 0 amide bonds. The maximum atomic E-state index is 14.1. The fourth-order valence-corrected chi connectivity index (χ4v) is 7.23. The Hall–Kier alpha value is -2.59. The summed E-state index contributed by atoms with van der Waals surface area (Å²) in [5.41, 5.74) is 2.55. The van der Waals surface area contributed by atoms with Gasteiger partial charge in [0.25, 0.3) is 0 Å². The standard InChI is InChI=1S/C31H46N8O/c40-31(29-21-34-13-19-38(29)23-25-5-15-36(16-6-25)27-1-9-32-10-2-27)30-22-35-14-20-39(30)24-26-7-17-37(18-8-26)28-3-11-33-12-4-28/h1-4,9-12,25-26,29-30,34-35H,5-8,13-24H2. The zero-order chi connectivity index (χ0) is 27.1. The molecule has 0 spiro atoms. The fraction of sp³-hybridized carbons (Fsp3) is 0.645. The minimum Gasteiger partial charge on any atom is -0.371 e. The molecule has 0 bridgehead atoms. The number of pyridine rings is 2. The summed E-state index contributed by atoms with van der Waals surface area (Å²) in [6, 6.07) is 8.40. The Labute approximate surface area is 239 Å². The van der Waals surface area contributed by atoms with E-state index in [2.05, 4.69) is 64.5 Å². The molecule has 0 saturated carbocycles. The summed E-state index contributed by atoms with van der Waals surface area (Å²) in [4.78, 5) is 32.5. The minimum absolute atomic E-state index is 0.0204. The van der Waals surface area contributed by atoms with Crippen LogP contribution in [0.25, 0.3) is 0 Å². The van der Waals surface area contributed by atoms with E-state index in [4.69, 9.17) is 0 Å². The Morgan fingerprint density at radius 2 is 1.05 bits per heavy atom. The second-order valence-electron chi connectivity index (χ2n) is 12.1. The van der Waals surface area contributed by atoms with Crippen LogP contribution in [-0.4, -0.2) is 116 Å². The van der Waals surface area contributed by atoms with E-state index in [0.29, 0.717) is 17.6 Å². The average molecular weight is 547 g/mol. The van der Waals surface area contributed by atoms with Crippen molar-refractivity contribution in [1.82, 2.24) is 30.4 Å². The molecule has 216 valence electrons. The number of piperazine rings is 2. The molecule has 6 heterocycles. The van der Waals surface area contributed by atoms with Crippen molar-refractivity contribution >= 4 is 17.2 Å². The number of anilines is 2.